The highest BCUT2D eigenvalue weighted by Gasteiger charge is 2.21. The maximum atomic E-state index is 12.1. The molecule has 1 aromatic carbocycles. The summed E-state index contributed by atoms with van der Waals surface area (Å²) in [5.74, 6) is 5.68. The Morgan fingerprint density at radius 1 is 1.45 bits per heavy atom. The molecule has 2 unspecified atom stereocenters. The van der Waals surface area contributed by atoms with Gasteiger partial charge in [-0.3, -0.25) is 4.79 Å². The average molecular weight is 272 g/mol. The van der Waals surface area contributed by atoms with Crippen LogP contribution in [0.25, 0.3) is 0 Å². The monoisotopic (exact) mass is 272 g/mol. The van der Waals surface area contributed by atoms with E-state index in [2.05, 4.69) is 17.2 Å². The summed E-state index contributed by atoms with van der Waals surface area (Å²) in [5, 5.41) is 3.05. The normalized spacial score (nSPS) is 21.7. The Bertz CT molecular complexity index is 514. The SMILES string of the molecule is CC1CC(NC(=O)c2ccc(C#CCN)cc2)CCO1. The number of benzene rings is 1. The number of carbonyl (C=O) groups excluding carboxylic acids is 1. The minimum absolute atomic E-state index is 0.0394. The molecule has 3 N–H and O–H groups in total. The number of nitrogens with two attached hydrogens (primary N) is 1. The van der Waals surface area contributed by atoms with Crippen molar-refractivity contribution in [3.63, 3.8) is 0 Å². The maximum absolute atomic E-state index is 12.1. The molecule has 2 atom stereocenters. The third-order valence-corrected chi connectivity index (χ3v) is 3.30. The molecule has 0 aromatic heterocycles. The molecule has 4 nitrogen and oxygen atoms in total. The van der Waals surface area contributed by atoms with Gasteiger partial charge in [-0.15, -0.1) is 0 Å². The average Bonchev–Trinajstić information content (AvgIpc) is 2.45. The summed E-state index contributed by atoms with van der Waals surface area (Å²) in [6.45, 7) is 3.08. The van der Waals surface area contributed by atoms with Crippen molar-refractivity contribution in [1.29, 1.82) is 0 Å². The minimum atomic E-state index is -0.0394. The van der Waals surface area contributed by atoms with Gasteiger partial charge in [-0.05, 0) is 44.0 Å². The molecule has 0 bridgehead atoms. The smallest absolute Gasteiger partial charge is 0.251 e. The highest BCUT2D eigenvalue weighted by molar-refractivity contribution is 5.94. The van der Waals surface area contributed by atoms with Crippen molar-refractivity contribution in [3.8, 4) is 11.8 Å². The van der Waals surface area contributed by atoms with Crippen LogP contribution in [0, 0.1) is 11.8 Å². The first-order valence-corrected chi connectivity index (χ1v) is 6.90. The Balaban J connectivity index is 1.95. The topological polar surface area (TPSA) is 64.4 Å². The van der Waals surface area contributed by atoms with Gasteiger partial charge in [0, 0.05) is 23.8 Å². The molecule has 0 saturated carbocycles. The number of hydrogen-bond acceptors (Lipinski definition) is 3. The van der Waals surface area contributed by atoms with Gasteiger partial charge in [-0.2, -0.15) is 0 Å². The molecule has 1 aliphatic rings. The Morgan fingerprint density at radius 2 is 2.20 bits per heavy atom. The molecule has 1 fully saturated rings. The minimum Gasteiger partial charge on any atom is -0.378 e. The van der Waals surface area contributed by atoms with E-state index in [1.54, 1.807) is 12.1 Å². The van der Waals surface area contributed by atoms with Gasteiger partial charge in [0.2, 0.25) is 0 Å². The third-order valence-electron chi connectivity index (χ3n) is 3.30. The third kappa shape index (κ3) is 4.09. The van der Waals surface area contributed by atoms with Crippen molar-refractivity contribution in [1.82, 2.24) is 5.32 Å². The lowest BCUT2D eigenvalue weighted by atomic mass is 10.0. The molecule has 4 heteroatoms. The van der Waals surface area contributed by atoms with Crippen molar-refractivity contribution in [3.05, 3.63) is 35.4 Å². The van der Waals surface area contributed by atoms with Crippen molar-refractivity contribution >= 4 is 5.91 Å². The van der Waals surface area contributed by atoms with Crippen LogP contribution in [0.1, 0.15) is 35.7 Å². The van der Waals surface area contributed by atoms with Crippen LogP contribution in [0.15, 0.2) is 24.3 Å². The van der Waals surface area contributed by atoms with E-state index in [-0.39, 0.29) is 18.1 Å². The van der Waals surface area contributed by atoms with Crippen LogP contribution in [0.5, 0.6) is 0 Å². The van der Waals surface area contributed by atoms with Gasteiger partial charge >= 0.3 is 0 Å². The second kappa shape index (κ2) is 7.09. The van der Waals surface area contributed by atoms with Crippen molar-refractivity contribution in [2.75, 3.05) is 13.2 Å². The van der Waals surface area contributed by atoms with Crippen LogP contribution >= 0.6 is 0 Å². The van der Waals surface area contributed by atoms with Crippen molar-refractivity contribution < 1.29 is 9.53 Å². The van der Waals surface area contributed by atoms with Crippen LogP contribution in [-0.4, -0.2) is 31.2 Å². The number of ether oxygens (including phenoxy) is 1. The van der Waals surface area contributed by atoms with Gasteiger partial charge in [0.1, 0.15) is 0 Å². The fourth-order valence-electron chi connectivity index (χ4n) is 2.26. The molecule has 0 aliphatic carbocycles. The van der Waals surface area contributed by atoms with Gasteiger partial charge in [0.25, 0.3) is 5.91 Å². The van der Waals surface area contributed by atoms with E-state index in [1.807, 2.05) is 19.1 Å². The molecule has 1 aliphatic heterocycles. The van der Waals surface area contributed by atoms with Gasteiger partial charge in [0.05, 0.1) is 12.6 Å². The summed E-state index contributed by atoms with van der Waals surface area (Å²) in [7, 11) is 0. The van der Waals surface area contributed by atoms with Crippen molar-refractivity contribution in [2.45, 2.75) is 31.9 Å². The molecule has 0 radical (unpaired) electrons. The lowest BCUT2D eigenvalue weighted by Crippen LogP contribution is -2.41. The molecule has 1 saturated heterocycles. The number of carbonyl (C=O) groups is 1. The second-order valence-corrected chi connectivity index (χ2v) is 4.96. The van der Waals surface area contributed by atoms with Gasteiger partial charge in [-0.25, -0.2) is 0 Å². The van der Waals surface area contributed by atoms with E-state index in [0.717, 1.165) is 18.4 Å². The first-order valence-electron chi connectivity index (χ1n) is 6.90. The molecule has 20 heavy (non-hydrogen) atoms. The van der Waals surface area contributed by atoms with Gasteiger partial charge < -0.3 is 15.8 Å². The zero-order valence-electron chi connectivity index (χ0n) is 11.7. The van der Waals surface area contributed by atoms with E-state index in [4.69, 9.17) is 10.5 Å². The number of hydrogen-bond donors (Lipinski definition) is 2. The van der Waals surface area contributed by atoms with E-state index in [9.17, 15) is 4.79 Å². The van der Waals surface area contributed by atoms with E-state index < -0.39 is 0 Å². The molecule has 1 amide bonds. The first kappa shape index (κ1) is 14.6. The summed E-state index contributed by atoms with van der Waals surface area (Å²) in [5.41, 5.74) is 6.84. The summed E-state index contributed by atoms with van der Waals surface area (Å²) < 4.78 is 5.47. The zero-order chi connectivity index (χ0) is 14.4. The number of amides is 1. The first-order chi connectivity index (χ1) is 9.69. The standard InChI is InChI=1S/C16H20N2O2/c1-12-11-15(8-10-20-12)18-16(19)14-6-4-13(5-7-14)3-2-9-17/h4-7,12,15H,8-11,17H2,1H3,(H,18,19). The van der Waals surface area contributed by atoms with Gasteiger partial charge in [0.15, 0.2) is 0 Å². The number of rotatable bonds is 2. The second-order valence-electron chi connectivity index (χ2n) is 4.96. The predicted molar refractivity (Wildman–Crippen MR) is 78.3 cm³/mol. The predicted octanol–water partition coefficient (Wildman–Crippen LogP) is 1.29. The quantitative estimate of drug-likeness (QED) is 0.797. The molecule has 1 heterocycles. The molecule has 2 rings (SSSR count). The summed E-state index contributed by atoms with van der Waals surface area (Å²) >= 11 is 0. The lowest BCUT2D eigenvalue weighted by molar-refractivity contribution is 0.0136. The molecular weight excluding hydrogens is 252 g/mol. The van der Waals surface area contributed by atoms with E-state index >= 15 is 0 Å². The summed E-state index contributed by atoms with van der Waals surface area (Å²) in [6.07, 6.45) is 1.95. The fraction of sp³-hybridized carbons (Fsp3) is 0.438. The van der Waals surface area contributed by atoms with Gasteiger partial charge in [-0.1, -0.05) is 11.8 Å². The van der Waals surface area contributed by atoms with Crippen LogP contribution in [0.4, 0.5) is 0 Å². The zero-order valence-corrected chi connectivity index (χ0v) is 11.7. The fourth-order valence-corrected chi connectivity index (χ4v) is 2.26. The molecule has 1 aromatic rings. The number of nitrogens with one attached hydrogen (secondary N) is 1. The van der Waals surface area contributed by atoms with Crippen molar-refractivity contribution in [2.24, 2.45) is 5.73 Å². The highest BCUT2D eigenvalue weighted by atomic mass is 16.5. The van der Waals surface area contributed by atoms with Crippen LogP contribution in [0.3, 0.4) is 0 Å². The summed E-state index contributed by atoms with van der Waals surface area (Å²) in [6, 6.07) is 7.45. The van der Waals surface area contributed by atoms with Crippen LogP contribution in [0.2, 0.25) is 0 Å². The van der Waals surface area contributed by atoms with E-state index in [0.29, 0.717) is 18.7 Å². The Kier molecular flexibility index (Phi) is 5.16. The van der Waals surface area contributed by atoms with Crippen LogP contribution in [-0.2, 0) is 4.74 Å². The maximum Gasteiger partial charge on any atom is 0.251 e. The Morgan fingerprint density at radius 3 is 2.85 bits per heavy atom. The molecule has 0 spiro atoms. The lowest BCUT2D eigenvalue weighted by Gasteiger charge is -2.27. The molecule has 106 valence electrons. The highest BCUT2D eigenvalue weighted by Crippen LogP contribution is 2.14. The largest absolute Gasteiger partial charge is 0.378 e. The molecular formula is C16H20N2O2. The Hall–Kier alpha value is -1.83. The van der Waals surface area contributed by atoms with E-state index in [1.165, 1.54) is 0 Å². The summed E-state index contributed by atoms with van der Waals surface area (Å²) in [4.78, 5) is 12.1. The van der Waals surface area contributed by atoms with Crippen LogP contribution < -0.4 is 11.1 Å². The Labute approximate surface area is 119 Å².